The number of hydrogen-bond acceptors (Lipinski definition) is 4. The highest BCUT2D eigenvalue weighted by Gasteiger charge is 2.18. The van der Waals surface area contributed by atoms with Gasteiger partial charge in [-0.2, -0.15) is 0 Å². The van der Waals surface area contributed by atoms with Gasteiger partial charge >= 0.3 is 0 Å². The first-order valence-corrected chi connectivity index (χ1v) is 3.85. The quantitative estimate of drug-likeness (QED) is 0.743. The van der Waals surface area contributed by atoms with Crippen LogP contribution in [0.1, 0.15) is 22.6 Å². The molecule has 0 saturated heterocycles. The number of pyridine rings is 1. The van der Waals surface area contributed by atoms with Gasteiger partial charge in [0, 0.05) is 0 Å². The number of alkyl halides is 2. The van der Waals surface area contributed by atoms with Crippen molar-refractivity contribution in [1.29, 1.82) is 0 Å². The van der Waals surface area contributed by atoms with Crippen LogP contribution in [-0.2, 0) is 0 Å². The highest BCUT2D eigenvalue weighted by molar-refractivity contribution is 6.68. The summed E-state index contributed by atoms with van der Waals surface area (Å²) in [6.07, 6.45) is -2.87. The maximum atomic E-state index is 12.3. The number of nitrogens with two attached hydrogens (primary N) is 2. The van der Waals surface area contributed by atoms with Crippen LogP contribution in [0.4, 0.5) is 20.2 Å². The van der Waals surface area contributed by atoms with Crippen LogP contribution in [0.2, 0.25) is 0 Å². The van der Waals surface area contributed by atoms with Gasteiger partial charge in [0.15, 0.2) is 0 Å². The first kappa shape index (κ1) is 10.6. The van der Waals surface area contributed by atoms with E-state index in [1.165, 1.54) is 0 Å². The predicted molar refractivity (Wildman–Crippen MR) is 48.2 cm³/mol. The Morgan fingerprint density at radius 1 is 1.43 bits per heavy atom. The van der Waals surface area contributed by atoms with Gasteiger partial charge in [0.1, 0.15) is 11.4 Å². The lowest BCUT2D eigenvalue weighted by Gasteiger charge is -2.06. The van der Waals surface area contributed by atoms with Gasteiger partial charge in [-0.1, -0.05) is 0 Å². The molecular weight excluding hydrogens is 216 g/mol. The second-order valence-corrected chi connectivity index (χ2v) is 2.82. The van der Waals surface area contributed by atoms with Crippen molar-refractivity contribution in [2.75, 3.05) is 11.5 Å². The molecule has 0 atom stereocenters. The van der Waals surface area contributed by atoms with E-state index in [0.717, 1.165) is 6.07 Å². The molecule has 4 N–H and O–H groups in total. The summed E-state index contributed by atoms with van der Waals surface area (Å²) in [4.78, 5) is 14.0. The van der Waals surface area contributed by atoms with E-state index in [1.54, 1.807) is 0 Å². The second-order valence-electron chi connectivity index (χ2n) is 2.48. The lowest BCUT2D eigenvalue weighted by Crippen LogP contribution is -2.07. The number of carbonyl (C=O) groups excluding carboxylic acids is 1. The van der Waals surface area contributed by atoms with Crippen LogP contribution in [0.3, 0.4) is 0 Å². The molecule has 0 fully saturated rings. The SMILES string of the molecule is Nc1cc(N)c(C(F)F)nc1C(=O)Cl. The van der Waals surface area contributed by atoms with E-state index in [1.807, 2.05) is 0 Å². The summed E-state index contributed by atoms with van der Waals surface area (Å²) in [5.74, 6) is 0. The lowest BCUT2D eigenvalue weighted by atomic mass is 10.2. The molecule has 1 heterocycles. The van der Waals surface area contributed by atoms with Crippen LogP contribution >= 0.6 is 11.6 Å². The highest BCUT2D eigenvalue weighted by Crippen LogP contribution is 2.26. The van der Waals surface area contributed by atoms with E-state index in [9.17, 15) is 13.6 Å². The van der Waals surface area contributed by atoms with Crippen LogP contribution in [0, 0.1) is 0 Å². The fourth-order valence-corrected chi connectivity index (χ4v) is 1.04. The summed E-state index contributed by atoms with van der Waals surface area (Å²) >= 11 is 5.07. The van der Waals surface area contributed by atoms with Gasteiger partial charge in [-0.3, -0.25) is 4.79 Å². The van der Waals surface area contributed by atoms with E-state index in [2.05, 4.69) is 4.98 Å². The summed E-state index contributed by atoms with van der Waals surface area (Å²) in [5, 5.41) is -0.996. The number of halogens is 3. The van der Waals surface area contributed by atoms with Crippen molar-refractivity contribution < 1.29 is 13.6 Å². The third-order valence-corrected chi connectivity index (χ3v) is 1.68. The van der Waals surface area contributed by atoms with Crippen molar-refractivity contribution in [3.8, 4) is 0 Å². The second kappa shape index (κ2) is 3.75. The number of hydrogen-bond donors (Lipinski definition) is 2. The van der Waals surface area contributed by atoms with Crippen LogP contribution < -0.4 is 11.5 Å². The standard InChI is InChI=1S/C7H6ClF2N3O/c8-6(14)4-2(11)1-3(12)5(13-4)7(9)10/h1,7H,11-12H2. The Morgan fingerprint density at radius 2 is 2.00 bits per heavy atom. The van der Waals surface area contributed by atoms with Crippen molar-refractivity contribution >= 4 is 28.2 Å². The minimum Gasteiger partial charge on any atom is -0.397 e. The number of nitrogen functional groups attached to an aromatic ring is 2. The number of anilines is 2. The molecule has 0 unspecified atom stereocenters. The van der Waals surface area contributed by atoms with E-state index in [4.69, 9.17) is 23.1 Å². The van der Waals surface area contributed by atoms with Crippen molar-refractivity contribution in [3.05, 3.63) is 17.5 Å². The van der Waals surface area contributed by atoms with Gasteiger partial charge in [-0.05, 0) is 17.7 Å². The van der Waals surface area contributed by atoms with Gasteiger partial charge in [0.2, 0.25) is 0 Å². The normalized spacial score (nSPS) is 10.6. The lowest BCUT2D eigenvalue weighted by molar-refractivity contribution is 0.107. The molecule has 0 spiro atoms. The Kier molecular flexibility index (Phi) is 2.85. The number of aromatic nitrogens is 1. The Labute approximate surface area is 82.9 Å². The molecule has 1 aromatic heterocycles. The molecule has 7 heteroatoms. The zero-order chi connectivity index (χ0) is 10.9. The first-order chi connectivity index (χ1) is 6.43. The molecule has 1 rings (SSSR count). The molecule has 0 aliphatic carbocycles. The number of nitrogens with zero attached hydrogens (tertiary/aromatic N) is 1. The largest absolute Gasteiger partial charge is 0.397 e. The molecule has 0 aromatic carbocycles. The molecule has 0 saturated carbocycles. The third-order valence-electron chi connectivity index (χ3n) is 1.51. The zero-order valence-corrected chi connectivity index (χ0v) is 7.55. The summed E-state index contributed by atoms with van der Waals surface area (Å²) in [6.45, 7) is 0. The Hall–Kier alpha value is -1.43. The van der Waals surface area contributed by atoms with Crippen molar-refractivity contribution in [1.82, 2.24) is 4.98 Å². The summed E-state index contributed by atoms with van der Waals surface area (Å²) in [5.41, 5.74) is 9.03. The molecule has 0 aliphatic heterocycles. The molecule has 76 valence electrons. The Bertz CT molecular complexity index is 383. The minimum atomic E-state index is -2.87. The highest BCUT2D eigenvalue weighted by atomic mass is 35.5. The smallest absolute Gasteiger partial charge is 0.282 e. The monoisotopic (exact) mass is 221 g/mol. The molecule has 0 amide bonds. The average Bonchev–Trinajstić information content (AvgIpc) is 2.02. The summed E-state index contributed by atoms with van der Waals surface area (Å²) in [6, 6.07) is 1.03. The molecule has 1 aromatic rings. The summed E-state index contributed by atoms with van der Waals surface area (Å²) < 4.78 is 24.5. The molecule has 0 bridgehead atoms. The first-order valence-electron chi connectivity index (χ1n) is 3.47. The number of rotatable bonds is 2. The van der Waals surface area contributed by atoms with E-state index in [0.29, 0.717) is 0 Å². The maximum Gasteiger partial charge on any atom is 0.282 e. The van der Waals surface area contributed by atoms with Gasteiger partial charge in [0.05, 0.1) is 11.4 Å². The fourth-order valence-electron chi connectivity index (χ4n) is 0.892. The van der Waals surface area contributed by atoms with E-state index >= 15 is 0 Å². The van der Waals surface area contributed by atoms with Crippen LogP contribution in [0.25, 0.3) is 0 Å². The minimum absolute atomic E-state index is 0.119. The van der Waals surface area contributed by atoms with Gasteiger partial charge in [-0.15, -0.1) is 0 Å². The Morgan fingerprint density at radius 3 is 2.43 bits per heavy atom. The zero-order valence-electron chi connectivity index (χ0n) is 6.80. The van der Waals surface area contributed by atoms with Gasteiger partial charge in [0.25, 0.3) is 11.7 Å². The maximum absolute atomic E-state index is 12.3. The molecule has 4 nitrogen and oxygen atoms in total. The van der Waals surface area contributed by atoms with Crippen molar-refractivity contribution in [3.63, 3.8) is 0 Å². The van der Waals surface area contributed by atoms with Crippen molar-refractivity contribution in [2.45, 2.75) is 6.43 Å². The van der Waals surface area contributed by atoms with Crippen LogP contribution in [0.15, 0.2) is 6.07 Å². The topological polar surface area (TPSA) is 82.0 Å². The molecular formula is C7H6ClF2N3O. The van der Waals surface area contributed by atoms with Gasteiger partial charge in [-0.25, -0.2) is 13.8 Å². The predicted octanol–water partition coefficient (Wildman–Crippen LogP) is 1.56. The van der Waals surface area contributed by atoms with E-state index in [-0.39, 0.29) is 11.4 Å². The molecule has 0 radical (unpaired) electrons. The average molecular weight is 222 g/mol. The summed E-state index contributed by atoms with van der Waals surface area (Å²) in [7, 11) is 0. The molecule has 0 aliphatic rings. The van der Waals surface area contributed by atoms with Crippen LogP contribution in [0.5, 0.6) is 0 Å². The third kappa shape index (κ3) is 1.90. The van der Waals surface area contributed by atoms with Crippen LogP contribution in [-0.4, -0.2) is 10.2 Å². The fraction of sp³-hybridized carbons (Fsp3) is 0.143. The number of carbonyl (C=O) groups is 1. The van der Waals surface area contributed by atoms with Gasteiger partial charge < -0.3 is 11.5 Å². The Balaban J connectivity index is 3.34. The van der Waals surface area contributed by atoms with Crippen molar-refractivity contribution in [2.24, 2.45) is 0 Å². The van der Waals surface area contributed by atoms with E-state index < -0.39 is 23.1 Å². The molecule has 14 heavy (non-hydrogen) atoms.